The third kappa shape index (κ3) is 27.4. The van der Waals surface area contributed by atoms with Crippen molar-refractivity contribution in [3.8, 4) is 22.8 Å². The molecule has 0 unspecified atom stereocenters. The van der Waals surface area contributed by atoms with Gasteiger partial charge in [-0.2, -0.15) is 0 Å². The molecule has 4 rings (SSSR count). The third-order valence-electron chi connectivity index (χ3n) is 9.68. The van der Waals surface area contributed by atoms with Crippen LogP contribution >= 0.6 is 0 Å². The molecule has 0 bridgehead atoms. The monoisotopic (exact) mass is 1010 g/mol. The quantitative estimate of drug-likeness (QED) is 0.0344. The minimum absolute atomic E-state index is 0.110. The Labute approximate surface area is 419 Å². The van der Waals surface area contributed by atoms with Crippen molar-refractivity contribution < 1.29 is 57.1 Å². The lowest BCUT2D eigenvalue weighted by molar-refractivity contribution is -0.123. The molecule has 4 aromatic rings. The van der Waals surface area contributed by atoms with Crippen molar-refractivity contribution in [3.63, 3.8) is 0 Å². The molecular formula is C47H69N13O12. The fourth-order valence-corrected chi connectivity index (χ4v) is 5.99. The van der Waals surface area contributed by atoms with Gasteiger partial charge < -0.3 is 64.9 Å². The van der Waals surface area contributed by atoms with Crippen LogP contribution in [0.4, 0.5) is 0 Å². The molecule has 4 amide bonds. The van der Waals surface area contributed by atoms with E-state index in [9.17, 15) is 19.2 Å². The molecule has 2 heterocycles. The number of carbonyl (C=O) groups excluding carboxylic acids is 4. The van der Waals surface area contributed by atoms with Crippen molar-refractivity contribution in [2.45, 2.75) is 45.6 Å². The van der Waals surface area contributed by atoms with Crippen molar-refractivity contribution in [1.82, 2.24) is 62.1 Å². The standard InChI is InChI=1S/C47H69N13O12/c1-35-53-57-46(58-54-35)39-7-3-37(4-8-39)31-44(63)51-15-21-67-25-29-69-27-23-65-19-13-49-42(61)11-17-71-33-41(48)34-72-18-12-43(62)50-14-20-66-24-28-70-30-26-68-22-16-52-45(64)32-38-5-9-40(10-6-38)47-59-55-36(2)56-60-47/h3-10,41H,11-34,48H2,1-2H3,(H,49,61)(H,50,62)(H,51,63)(H,52,64). The van der Waals surface area contributed by atoms with Crippen LogP contribution in [-0.2, 0) is 69.9 Å². The number of hydrogen-bond acceptors (Lipinski definition) is 21. The number of aromatic nitrogens is 8. The Balaban J connectivity index is 0.809. The Morgan fingerprint density at radius 3 is 1.01 bits per heavy atom. The number of amides is 4. The highest BCUT2D eigenvalue weighted by molar-refractivity contribution is 5.79. The van der Waals surface area contributed by atoms with Gasteiger partial charge in [0.15, 0.2) is 11.6 Å². The largest absolute Gasteiger partial charge is 0.379 e. The van der Waals surface area contributed by atoms with E-state index in [1.54, 1.807) is 13.8 Å². The van der Waals surface area contributed by atoms with Gasteiger partial charge in [0.05, 0.1) is 125 Å². The van der Waals surface area contributed by atoms with Crippen LogP contribution in [0.1, 0.15) is 35.6 Å². The molecule has 0 fully saturated rings. The summed E-state index contributed by atoms with van der Waals surface area (Å²) >= 11 is 0. The highest BCUT2D eigenvalue weighted by Crippen LogP contribution is 2.15. The van der Waals surface area contributed by atoms with Gasteiger partial charge in [-0.15, -0.1) is 40.8 Å². The van der Waals surface area contributed by atoms with Crippen LogP contribution in [0.2, 0.25) is 0 Å². The number of nitrogens with zero attached hydrogens (tertiary/aromatic N) is 8. The third-order valence-corrected chi connectivity index (χ3v) is 9.68. The molecule has 2 aromatic heterocycles. The summed E-state index contributed by atoms with van der Waals surface area (Å²) in [6.45, 7) is 10.2. The van der Waals surface area contributed by atoms with Crippen LogP contribution < -0.4 is 27.0 Å². The molecule has 0 radical (unpaired) electrons. The summed E-state index contributed by atoms with van der Waals surface area (Å²) in [7, 11) is 0. The fourth-order valence-electron chi connectivity index (χ4n) is 5.99. The zero-order valence-corrected chi connectivity index (χ0v) is 41.2. The van der Waals surface area contributed by atoms with Gasteiger partial charge in [-0.25, -0.2) is 0 Å². The van der Waals surface area contributed by atoms with E-state index in [1.165, 1.54) is 0 Å². The number of nitrogens with two attached hydrogens (primary N) is 1. The van der Waals surface area contributed by atoms with E-state index in [4.69, 9.17) is 43.6 Å². The summed E-state index contributed by atoms with van der Waals surface area (Å²) in [6, 6.07) is 14.3. The lowest BCUT2D eigenvalue weighted by Gasteiger charge is -2.13. The number of nitrogens with one attached hydrogen (secondary N) is 4. The van der Waals surface area contributed by atoms with Crippen LogP contribution in [0.5, 0.6) is 0 Å². The Hall–Kier alpha value is -6.16. The number of aryl methyl sites for hydroxylation is 2. The average Bonchev–Trinajstić information content (AvgIpc) is 3.38. The maximum atomic E-state index is 12.3. The zero-order chi connectivity index (χ0) is 51.3. The number of rotatable bonds is 40. The smallest absolute Gasteiger partial charge is 0.224 e. The molecule has 25 heteroatoms. The molecule has 2 aromatic carbocycles. The van der Waals surface area contributed by atoms with Crippen LogP contribution in [0.25, 0.3) is 22.8 Å². The number of hydrogen-bond donors (Lipinski definition) is 5. The second-order valence-corrected chi connectivity index (χ2v) is 15.8. The first kappa shape index (κ1) is 58.4. The Morgan fingerprint density at radius 2 is 0.694 bits per heavy atom. The number of benzene rings is 2. The average molecular weight is 1010 g/mol. The fraction of sp³-hybridized carbons (Fsp3) is 0.574. The molecule has 0 aliphatic heterocycles. The van der Waals surface area contributed by atoms with Gasteiger partial charge in [0.2, 0.25) is 35.3 Å². The van der Waals surface area contributed by atoms with E-state index in [2.05, 4.69) is 62.1 Å². The first-order valence-corrected chi connectivity index (χ1v) is 23.9. The second-order valence-electron chi connectivity index (χ2n) is 15.8. The predicted molar refractivity (Wildman–Crippen MR) is 259 cm³/mol. The molecule has 72 heavy (non-hydrogen) atoms. The van der Waals surface area contributed by atoms with Gasteiger partial charge in [0, 0.05) is 50.1 Å². The molecule has 0 saturated carbocycles. The summed E-state index contributed by atoms with van der Waals surface area (Å²) in [5, 5.41) is 42.9. The van der Waals surface area contributed by atoms with Gasteiger partial charge in [-0.05, 0) is 25.0 Å². The van der Waals surface area contributed by atoms with Gasteiger partial charge >= 0.3 is 0 Å². The number of carbonyl (C=O) groups is 4. The summed E-state index contributed by atoms with van der Waals surface area (Å²) in [6.07, 6.45) is 0.828. The van der Waals surface area contributed by atoms with Crippen molar-refractivity contribution >= 4 is 23.6 Å². The maximum Gasteiger partial charge on any atom is 0.224 e. The highest BCUT2D eigenvalue weighted by atomic mass is 16.5. The summed E-state index contributed by atoms with van der Waals surface area (Å²) in [5.41, 5.74) is 9.27. The predicted octanol–water partition coefficient (Wildman–Crippen LogP) is -0.712. The minimum Gasteiger partial charge on any atom is -0.379 e. The van der Waals surface area contributed by atoms with Crippen LogP contribution in [0, 0.1) is 13.8 Å². The molecule has 0 atom stereocenters. The molecular weight excluding hydrogens is 939 g/mol. The molecule has 6 N–H and O–H groups in total. The first-order chi connectivity index (χ1) is 35.1. The van der Waals surface area contributed by atoms with Gasteiger partial charge in [0.25, 0.3) is 0 Å². The molecule has 25 nitrogen and oxygen atoms in total. The molecule has 0 aliphatic rings. The van der Waals surface area contributed by atoms with Crippen LogP contribution in [-0.4, -0.2) is 202 Å². The Kier molecular flexibility index (Phi) is 29.8. The van der Waals surface area contributed by atoms with Crippen molar-refractivity contribution in [3.05, 3.63) is 71.3 Å². The minimum atomic E-state index is -0.403. The lowest BCUT2D eigenvalue weighted by atomic mass is 10.1. The van der Waals surface area contributed by atoms with E-state index >= 15 is 0 Å². The summed E-state index contributed by atoms with van der Waals surface area (Å²) in [4.78, 5) is 48.7. The van der Waals surface area contributed by atoms with E-state index in [0.29, 0.717) is 129 Å². The number of ether oxygens (including phenoxy) is 8. The molecule has 394 valence electrons. The Morgan fingerprint density at radius 1 is 0.403 bits per heavy atom. The van der Waals surface area contributed by atoms with Gasteiger partial charge in [-0.3, -0.25) is 19.2 Å². The molecule has 0 aliphatic carbocycles. The molecule has 0 spiro atoms. The van der Waals surface area contributed by atoms with Crippen LogP contribution in [0.15, 0.2) is 48.5 Å². The lowest BCUT2D eigenvalue weighted by Crippen LogP contribution is -2.33. The van der Waals surface area contributed by atoms with E-state index in [1.807, 2.05) is 48.5 Å². The van der Waals surface area contributed by atoms with Gasteiger partial charge in [0.1, 0.15) is 0 Å². The van der Waals surface area contributed by atoms with Crippen molar-refractivity contribution in [2.24, 2.45) is 5.73 Å². The SMILES string of the molecule is Cc1nnc(-c2ccc(CC(=O)NCCOCCOCCOCCNC(=O)CCOCC(N)COCCC(=O)NCCOCCOCCOCCNC(=O)Cc3ccc(-c4nnc(C)nn4)cc3)cc2)nn1. The zero-order valence-electron chi connectivity index (χ0n) is 41.2. The maximum absolute atomic E-state index is 12.3. The van der Waals surface area contributed by atoms with Gasteiger partial charge in [-0.1, -0.05) is 48.5 Å². The Bertz CT molecular complexity index is 1960. The van der Waals surface area contributed by atoms with Crippen molar-refractivity contribution in [1.29, 1.82) is 0 Å². The second kappa shape index (κ2) is 36.7. The van der Waals surface area contributed by atoms with E-state index in [0.717, 1.165) is 22.3 Å². The van der Waals surface area contributed by atoms with Crippen molar-refractivity contribution in [2.75, 3.05) is 132 Å². The topological polar surface area (TPSA) is 319 Å². The first-order valence-electron chi connectivity index (χ1n) is 23.9. The van der Waals surface area contributed by atoms with Crippen LogP contribution in [0.3, 0.4) is 0 Å². The summed E-state index contributed by atoms with van der Waals surface area (Å²) < 4.78 is 43.9. The van der Waals surface area contributed by atoms with E-state index < -0.39 is 6.04 Å². The van der Waals surface area contributed by atoms with E-state index in [-0.39, 0.29) is 75.7 Å². The summed E-state index contributed by atoms with van der Waals surface area (Å²) in [5.74, 6) is 1.29. The normalized spacial score (nSPS) is 11.2. The highest BCUT2D eigenvalue weighted by Gasteiger charge is 2.10. The molecule has 0 saturated heterocycles.